The number of benzene rings is 2. The molecule has 4 rings (SSSR count). The Kier molecular flexibility index (Phi) is 4.32. The van der Waals surface area contributed by atoms with Crippen LogP contribution in [0, 0.1) is 13.8 Å². The van der Waals surface area contributed by atoms with Gasteiger partial charge in [-0.2, -0.15) is 0 Å². The molecule has 132 valence electrons. The number of amidine groups is 1. The summed E-state index contributed by atoms with van der Waals surface area (Å²) in [7, 11) is 3.80. The summed E-state index contributed by atoms with van der Waals surface area (Å²) in [4.78, 5) is 23.3. The number of carbonyl (C=O) groups excluding carboxylic acids is 1. The molecular weight excluding hydrogens is 362 g/mol. The number of likely N-dealkylation sites (N-methyl/N-ethyl adjacent to an activating group) is 1. The average molecular weight is 382 g/mol. The Labute approximate surface area is 162 Å². The van der Waals surface area contributed by atoms with Gasteiger partial charge in [-0.15, -0.1) is 0 Å². The van der Waals surface area contributed by atoms with Crippen molar-refractivity contribution in [3.05, 3.63) is 63.5 Å². The molecule has 0 aromatic heterocycles. The van der Waals surface area contributed by atoms with Gasteiger partial charge in [0.15, 0.2) is 5.17 Å². The first-order chi connectivity index (χ1) is 12.5. The number of thioether (sulfide) groups is 2. The number of amides is 1. The summed E-state index contributed by atoms with van der Waals surface area (Å²) in [5.74, 6) is 0.00112. The van der Waals surface area contributed by atoms with Crippen molar-refractivity contribution in [2.45, 2.75) is 18.7 Å². The molecule has 2 aromatic carbocycles. The van der Waals surface area contributed by atoms with Crippen molar-refractivity contribution in [3.63, 3.8) is 0 Å². The van der Waals surface area contributed by atoms with Crippen LogP contribution in [0.15, 0.2) is 62.3 Å². The van der Waals surface area contributed by atoms with Crippen LogP contribution in [-0.2, 0) is 4.79 Å². The highest BCUT2D eigenvalue weighted by Crippen LogP contribution is 2.49. The quantitative estimate of drug-likeness (QED) is 0.658. The topological polar surface area (TPSA) is 35.9 Å². The van der Waals surface area contributed by atoms with E-state index in [1.807, 2.05) is 26.1 Å². The standard InChI is InChI=1S/C20H19N3OS2/c1-12-9-10-13(2)14(11-12)21-20-23(4)18(24)17(26-20)19-22(3)15-7-5-6-8-16(15)25-19/h5-11H,1-4H3/b19-17-,21-20?. The van der Waals surface area contributed by atoms with Gasteiger partial charge in [-0.1, -0.05) is 36.0 Å². The predicted octanol–water partition coefficient (Wildman–Crippen LogP) is 4.91. The van der Waals surface area contributed by atoms with Crippen molar-refractivity contribution in [3.8, 4) is 0 Å². The van der Waals surface area contributed by atoms with Crippen molar-refractivity contribution < 1.29 is 4.79 Å². The Balaban J connectivity index is 1.73. The van der Waals surface area contributed by atoms with E-state index >= 15 is 0 Å². The molecule has 6 heteroatoms. The minimum atomic E-state index is 0.00112. The van der Waals surface area contributed by atoms with E-state index in [2.05, 4.69) is 42.2 Å². The van der Waals surface area contributed by atoms with Crippen molar-refractivity contribution in [2.24, 2.45) is 4.99 Å². The van der Waals surface area contributed by atoms with Gasteiger partial charge in [0, 0.05) is 19.0 Å². The van der Waals surface area contributed by atoms with Gasteiger partial charge in [0.25, 0.3) is 5.91 Å². The third-order valence-electron chi connectivity index (χ3n) is 4.49. The van der Waals surface area contributed by atoms with E-state index in [1.165, 1.54) is 16.7 Å². The van der Waals surface area contributed by atoms with E-state index in [9.17, 15) is 4.79 Å². The predicted molar refractivity (Wildman–Crippen MR) is 111 cm³/mol. The lowest BCUT2D eigenvalue weighted by Gasteiger charge is -2.14. The summed E-state index contributed by atoms with van der Waals surface area (Å²) >= 11 is 3.09. The molecule has 2 heterocycles. The fourth-order valence-corrected chi connectivity index (χ4v) is 5.24. The van der Waals surface area contributed by atoms with E-state index in [-0.39, 0.29) is 5.91 Å². The summed E-state index contributed by atoms with van der Waals surface area (Å²) in [6.07, 6.45) is 0. The number of hydrogen-bond donors (Lipinski definition) is 0. The molecule has 2 aromatic rings. The Morgan fingerprint density at radius 2 is 1.73 bits per heavy atom. The minimum Gasteiger partial charge on any atom is -0.337 e. The van der Waals surface area contributed by atoms with Crippen LogP contribution in [-0.4, -0.2) is 30.1 Å². The number of para-hydroxylation sites is 1. The second-order valence-electron chi connectivity index (χ2n) is 6.41. The summed E-state index contributed by atoms with van der Waals surface area (Å²) in [6.45, 7) is 4.09. The number of nitrogens with zero attached hydrogens (tertiary/aromatic N) is 3. The van der Waals surface area contributed by atoms with Crippen LogP contribution < -0.4 is 4.90 Å². The Morgan fingerprint density at radius 1 is 0.962 bits per heavy atom. The van der Waals surface area contributed by atoms with Crippen LogP contribution >= 0.6 is 23.5 Å². The highest BCUT2D eigenvalue weighted by Gasteiger charge is 2.37. The first-order valence-corrected chi connectivity index (χ1v) is 9.96. The zero-order valence-corrected chi connectivity index (χ0v) is 16.7. The van der Waals surface area contributed by atoms with Crippen molar-refractivity contribution in [1.29, 1.82) is 0 Å². The van der Waals surface area contributed by atoms with Crippen LogP contribution in [0.25, 0.3) is 0 Å². The van der Waals surface area contributed by atoms with Gasteiger partial charge >= 0.3 is 0 Å². The molecule has 0 saturated carbocycles. The molecule has 1 saturated heterocycles. The first kappa shape index (κ1) is 17.2. The van der Waals surface area contributed by atoms with Gasteiger partial charge < -0.3 is 4.90 Å². The van der Waals surface area contributed by atoms with Crippen molar-refractivity contribution >= 4 is 46.0 Å². The maximum Gasteiger partial charge on any atom is 0.269 e. The van der Waals surface area contributed by atoms with E-state index in [4.69, 9.17) is 4.99 Å². The molecule has 26 heavy (non-hydrogen) atoms. The van der Waals surface area contributed by atoms with Gasteiger partial charge in [-0.3, -0.25) is 9.69 Å². The molecule has 0 aliphatic carbocycles. The Hall–Kier alpha value is -2.18. The Bertz CT molecular complexity index is 981. The molecular formula is C20H19N3OS2. The van der Waals surface area contributed by atoms with Crippen LogP contribution in [0.1, 0.15) is 11.1 Å². The fourth-order valence-electron chi connectivity index (χ4n) is 2.92. The SMILES string of the molecule is Cc1ccc(C)c(N=C2S/C(=C3\Sc4ccccc4N3C)C(=O)N2C)c1. The minimum absolute atomic E-state index is 0.00112. The lowest BCUT2D eigenvalue weighted by molar-refractivity contribution is -0.121. The van der Waals surface area contributed by atoms with Gasteiger partial charge in [0.05, 0.1) is 16.4 Å². The summed E-state index contributed by atoms with van der Waals surface area (Å²) in [5, 5.41) is 1.69. The van der Waals surface area contributed by atoms with Gasteiger partial charge in [-0.05, 0) is 54.9 Å². The average Bonchev–Trinajstić information content (AvgIpc) is 3.10. The zero-order valence-electron chi connectivity index (χ0n) is 15.1. The third-order valence-corrected chi connectivity index (χ3v) is 6.98. The number of anilines is 1. The molecule has 0 radical (unpaired) electrons. The summed E-state index contributed by atoms with van der Waals surface area (Å²) < 4.78 is 0. The molecule has 0 spiro atoms. The lowest BCUT2D eigenvalue weighted by atomic mass is 10.1. The highest BCUT2D eigenvalue weighted by molar-refractivity contribution is 8.19. The number of rotatable bonds is 1. The molecule has 0 atom stereocenters. The second kappa shape index (κ2) is 6.52. The van der Waals surface area contributed by atoms with Crippen LogP contribution in [0.2, 0.25) is 0 Å². The van der Waals surface area contributed by atoms with Crippen LogP contribution in [0.4, 0.5) is 11.4 Å². The van der Waals surface area contributed by atoms with Gasteiger partial charge in [0.1, 0.15) is 4.91 Å². The number of aliphatic imine (C=N–C) groups is 1. The maximum atomic E-state index is 12.9. The van der Waals surface area contributed by atoms with Crippen molar-refractivity contribution in [2.75, 3.05) is 19.0 Å². The van der Waals surface area contributed by atoms with E-state index < -0.39 is 0 Å². The number of hydrogen-bond acceptors (Lipinski definition) is 5. The smallest absolute Gasteiger partial charge is 0.269 e. The molecule has 0 bridgehead atoms. The van der Waals surface area contributed by atoms with E-state index in [1.54, 1.807) is 23.7 Å². The molecule has 2 aliphatic rings. The number of fused-ring (bicyclic) bond motifs is 1. The van der Waals surface area contributed by atoms with Crippen molar-refractivity contribution in [1.82, 2.24) is 4.90 Å². The molecule has 0 N–H and O–H groups in total. The van der Waals surface area contributed by atoms with E-state index in [0.717, 1.165) is 37.6 Å². The molecule has 2 aliphatic heterocycles. The Morgan fingerprint density at radius 3 is 2.50 bits per heavy atom. The first-order valence-electron chi connectivity index (χ1n) is 8.32. The van der Waals surface area contributed by atoms with Crippen LogP contribution in [0.3, 0.4) is 0 Å². The van der Waals surface area contributed by atoms with Gasteiger partial charge in [0.2, 0.25) is 0 Å². The zero-order chi connectivity index (χ0) is 18.4. The molecule has 1 amide bonds. The highest BCUT2D eigenvalue weighted by atomic mass is 32.2. The maximum absolute atomic E-state index is 12.9. The van der Waals surface area contributed by atoms with E-state index in [0.29, 0.717) is 0 Å². The molecule has 0 unspecified atom stereocenters. The number of aryl methyl sites for hydroxylation is 2. The normalized spacial score (nSPS) is 21.1. The van der Waals surface area contributed by atoms with Gasteiger partial charge in [-0.25, -0.2) is 4.99 Å². The molecule has 1 fully saturated rings. The number of carbonyl (C=O) groups is 1. The summed E-state index contributed by atoms with van der Waals surface area (Å²) in [6, 6.07) is 14.4. The fraction of sp³-hybridized carbons (Fsp3) is 0.200. The van der Waals surface area contributed by atoms with Crippen LogP contribution in [0.5, 0.6) is 0 Å². The second-order valence-corrected chi connectivity index (χ2v) is 8.42. The summed E-state index contributed by atoms with van der Waals surface area (Å²) in [5.41, 5.74) is 4.31. The largest absolute Gasteiger partial charge is 0.337 e. The monoisotopic (exact) mass is 381 g/mol. The third kappa shape index (κ3) is 2.83. The molecule has 4 nitrogen and oxygen atoms in total. The lowest BCUT2D eigenvalue weighted by Crippen LogP contribution is -2.24.